The number of aryl methyl sites for hydroxylation is 2. The van der Waals surface area contributed by atoms with E-state index >= 15 is 0 Å². The highest BCUT2D eigenvalue weighted by molar-refractivity contribution is 5.91. The minimum absolute atomic E-state index is 0.758. The molecule has 0 aliphatic carbocycles. The molecule has 5 nitrogen and oxygen atoms in total. The fourth-order valence-electron chi connectivity index (χ4n) is 1.81. The molecule has 0 saturated carbocycles. The van der Waals surface area contributed by atoms with Crippen molar-refractivity contribution in [2.75, 3.05) is 0 Å². The van der Waals surface area contributed by atoms with Crippen LogP contribution in [0.2, 0.25) is 0 Å². The molecule has 3 aromatic heterocycles. The van der Waals surface area contributed by atoms with Crippen LogP contribution < -0.4 is 0 Å². The van der Waals surface area contributed by atoms with E-state index < -0.39 is 0 Å². The summed E-state index contributed by atoms with van der Waals surface area (Å²) in [6, 6.07) is 0. The van der Waals surface area contributed by atoms with Gasteiger partial charge >= 0.3 is 0 Å². The van der Waals surface area contributed by atoms with Gasteiger partial charge in [-0.25, -0.2) is 9.97 Å². The van der Waals surface area contributed by atoms with Crippen LogP contribution in [-0.2, 0) is 7.05 Å². The zero-order valence-electron chi connectivity index (χ0n) is 9.62. The van der Waals surface area contributed by atoms with E-state index in [9.17, 15) is 0 Å². The minimum Gasteiger partial charge on any atom is -0.275 e. The van der Waals surface area contributed by atoms with Crippen molar-refractivity contribution >= 4 is 10.9 Å². The van der Waals surface area contributed by atoms with E-state index in [4.69, 9.17) is 0 Å². The summed E-state index contributed by atoms with van der Waals surface area (Å²) in [4.78, 5) is 12.9. The standard InChI is InChI=1S/C12H11N5/c1-8-14-4-9-3-13-6-11(12(9)16-8)10-5-15-17(2)7-10/h3-7H,1-2H3. The highest BCUT2D eigenvalue weighted by Gasteiger charge is 2.08. The van der Waals surface area contributed by atoms with Crippen LogP contribution in [0.25, 0.3) is 22.0 Å². The quantitative estimate of drug-likeness (QED) is 0.633. The van der Waals surface area contributed by atoms with Crippen LogP contribution in [0.15, 0.2) is 31.0 Å². The summed E-state index contributed by atoms with van der Waals surface area (Å²) in [5.74, 6) is 0.758. The molecule has 0 aliphatic rings. The molecule has 3 heterocycles. The molecular formula is C12H11N5. The Morgan fingerprint density at radius 1 is 1.12 bits per heavy atom. The number of nitrogens with zero attached hydrogens (tertiary/aromatic N) is 5. The second-order valence-electron chi connectivity index (χ2n) is 3.94. The monoisotopic (exact) mass is 225 g/mol. The zero-order valence-corrected chi connectivity index (χ0v) is 9.62. The summed E-state index contributed by atoms with van der Waals surface area (Å²) < 4.78 is 1.77. The molecular weight excluding hydrogens is 214 g/mol. The molecule has 0 N–H and O–H groups in total. The van der Waals surface area contributed by atoms with Gasteiger partial charge in [-0.05, 0) is 6.92 Å². The van der Waals surface area contributed by atoms with Crippen LogP contribution in [0.5, 0.6) is 0 Å². The Morgan fingerprint density at radius 2 is 2.00 bits per heavy atom. The minimum atomic E-state index is 0.758. The molecule has 0 amide bonds. The first-order chi connectivity index (χ1) is 8.24. The van der Waals surface area contributed by atoms with Crippen molar-refractivity contribution in [1.29, 1.82) is 0 Å². The van der Waals surface area contributed by atoms with Gasteiger partial charge in [0.15, 0.2) is 0 Å². The highest BCUT2D eigenvalue weighted by atomic mass is 15.2. The third-order valence-electron chi connectivity index (χ3n) is 2.63. The number of aromatic nitrogens is 5. The Hall–Kier alpha value is -2.30. The van der Waals surface area contributed by atoms with E-state index in [0.29, 0.717) is 0 Å². The van der Waals surface area contributed by atoms with Gasteiger partial charge in [0.25, 0.3) is 0 Å². The molecule has 17 heavy (non-hydrogen) atoms. The summed E-state index contributed by atoms with van der Waals surface area (Å²) >= 11 is 0. The van der Waals surface area contributed by atoms with E-state index in [1.54, 1.807) is 17.1 Å². The number of rotatable bonds is 1. The van der Waals surface area contributed by atoms with Gasteiger partial charge in [-0.1, -0.05) is 0 Å². The number of hydrogen-bond donors (Lipinski definition) is 0. The number of pyridine rings is 1. The summed E-state index contributed by atoms with van der Waals surface area (Å²) in [7, 11) is 1.89. The van der Waals surface area contributed by atoms with Crippen LogP contribution in [0.4, 0.5) is 0 Å². The first kappa shape index (κ1) is 9.89. The molecule has 0 unspecified atom stereocenters. The van der Waals surface area contributed by atoms with E-state index in [2.05, 4.69) is 20.1 Å². The van der Waals surface area contributed by atoms with Gasteiger partial charge in [-0.2, -0.15) is 5.10 Å². The Labute approximate surface area is 98.2 Å². The largest absolute Gasteiger partial charge is 0.275 e. The molecule has 0 aromatic carbocycles. The fourth-order valence-corrected chi connectivity index (χ4v) is 1.81. The smallest absolute Gasteiger partial charge is 0.125 e. The van der Waals surface area contributed by atoms with Gasteiger partial charge in [0.05, 0.1) is 11.7 Å². The molecule has 3 rings (SSSR count). The molecule has 0 spiro atoms. The van der Waals surface area contributed by atoms with Crippen molar-refractivity contribution in [2.45, 2.75) is 6.92 Å². The summed E-state index contributed by atoms with van der Waals surface area (Å²) in [5, 5.41) is 5.11. The van der Waals surface area contributed by atoms with Crippen molar-refractivity contribution in [2.24, 2.45) is 7.05 Å². The normalized spacial score (nSPS) is 10.9. The van der Waals surface area contributed by atoms with E-state index in [1.165, 1.54) is 0 Å². The molecule has 0 aliphatic heterocycles. The van der Waals surface area contributed by atoms with Gasteiger partial charge in [-0.15, -0.1) is 0 Å². The highest BCUT2D eigenvalue weighted by Crippen LogP contribution is 2.25. The third-order valence-corrected chi connectivity index (χ3v) is 2.63. The van der Waals surface area contributed by atoms with Crippen molar-refractivity contribution in [3.05, 3.63) is 36.8 Å². The van der Waals surface area contributed by atoms with Crippen molar-refractivity contribution < 1.29 is 0 Å². The SMILES string of the molecule is Cc1ncc2cncc(-c3cnn(C)c3)c2n1. The maximum absolute atomic E-state index is 4.47. The van der Waals surface area contributed by atoms with Crippen molar-refractivity contribution in [3.8, 4) is 11.1 Å². The molecule has 0 bridgehead atoms. The lowest BCUT2D eigenvalue weighted by atomic mass is 10.1. The number of hydrogen-bond acceptors (Lipinski definition) is 4. The van der Waals surface area contributed by atoms with Crippen LogP contribution in [-0.4, -0.2) is 24.7 Å². The summed E-state index contributed by atoms with van der Waals surface area (Å²) in [5.41, 5.74) is 2.92. The first-order valence-corrected chi connectivity index (χ1v) is 5.30. The lowest BCUT2D eigenvalue weighted by Gasteiger charge is -2.03. The van der Waals surface area contributed by atoms with Gasteiger partial charge < -0.3 is 0 Å². The van der Waals surface area contributed by atoms with E-state index in [1.807, 2.05) is 32.6 Å². The Morgan fingerprint density at radius 3 is 2.76 bits per heavy atom. The average Bonchev–Trinajstić information content (AvgIpc) is 2.75. The molecule has 0 atom stereocenters. The maximum Gasteiger partial charge on any atom is 0.125 e. The Balaban J connectivity index is 2.32. The van der Waals surface area contributed by atoms with Gasteiger partial charge in [0.1, 0.15) is 5.82 Å². The van der Waals surface area contributed by atoms with Gasteiger partial charge in [0.2, 0.25) is 0 Å². The van der Waals surface area contributed by atoms with Crippen LogP contribution >= 0.6 is 0 Å². The second kappa shape index (κ2) is 3.62. The molecule has 0 saturated heterocycles. The summed E-state index contributed by atoms with van der Waals surface area (Å²) in [6.45, 7) is 1.88. The maximum atomic E-state index is 4.47. The number of fused-ring (bicyclic) bond motifs is 1. The molecule has 84 valence electrons. The third kappa shape index (κ3) is 1.65. The van der Waals surface area contributed by atoms with E-state index in [-0.39, 0.29) is 0 Å². The van der Waals surface area contributed by atoms with Crippen molar-refractivity contribution in [1.82, 2.24) is 24.7 Å². The van der Waals surface area contributed by atoms with Crippen molar-refractivity contribution in [3.63, 3.8) is 0 Å². The zero-order chi connectivity index (χ0) is 11.8. The fraction of sp³-hybridized carbons (Fsp3) is 0.167. The van der Waals surface area contributed by atoms with Gasteiger partial charge in [0, 0.05) is 48.3 Å². The predicted octanol–water partition coefficient (Wildman–Crippen LogP) is 1.73. The molecule has 3 aromatic rings. The van der Waals surface area contributed by atoms with Crippen LogP contribution in [0.3, 0.4) is 0 Å². The Bertz CT molecular complexity index is 686. The van der Waals surface area contributed by atoms with Crippen LogP contribution in [0, 0.1) is 6.92 Å². The summed E-state index contributed by atoms with van der Waals surface area (Å²) in [6.07, 6.45) is 9.15. The molecule has 5 heteroatoms. The Kier molecular flexibility index (Phi) is 2.11. The second-order valence-corrected chi connectivity index (χ2v) is 3.94. The van der Waals surface area contributed by atoms with Crippen LogP contribution in [0.1, 0.15) is 5.82 Å². The molecule has 0 fully saturated rings. The average molecular weight is 225 g/mol. The first-order valence-electron chi connectivity index (χ1n) is 5.30. The lowest BCUT2D eigenvalue weighted by molar-refractivity contribution is 0.768. The molecule has 0 radical (unpaired) electrons. The van der Waals surface area contributed by atoms with E-state index in [0.717, 1.165) is 27.9 Å². The predicted molar refractivity (Wildman–Crippen MR) is 64.3 cm³/mol. The topological polar surface area (TPSA) is 56.5 Å². The lowest BCUT2D eigenvalue weighted by Crippen LogP contribution is -1.91. The van der Waals surface area contributed by atoms with Gasteiger partial charge in [-0.3, -0.25) is 9.67 Å².